The molecule has 1 aliphatic carbocycles. The van der Waals surface area contributed by atoms with E-state index < -0.39 is 17.9 Å². The van der Waals surface area contributed by atoms with Gasteiger partial charge < -0.3 is 23.7 Å². The molecule has 57 heavy (non-hydrogen) atoms. The zero-order valence-corrected chi connectivity index (χ0v) is 32.4. The Kier molecular flexibility index (Phi) is 16.7. The third-order valence-electron chi connectivity index (χ3n) is 9.53. The zero-order valence-electron chi connectivity index (χ0n) is 32.4. The molecule has 0 aromatic heterocycles. The summed E-state index contributed by atoms with van der Waals surface area (Å²) in [5.74, 6) is -0.0924. The summed E-state index contributed by atoms with van der Waals surface area (Å²) in [6.07, 6.45) is 15.3. The van der Waals surface area contributed by atoms with Crippen molar-refractivity contribution in [3.8, 4) is 28.4 Å². The monoisotopic (exact) mass is 777 g/mol. The van der Waals surface area contributed by atoms with Crippen molar-refractivity contribution in [2.75, 3.05) is 26.4 Å². The Morgan fingerprint density at radius 1 is 0.667 bits per heavy atom. The Balaban J connectivity index is 0.913. The number of hydrogen-bond acceptors (Lipinski definition) is 10. The minimum atomic E-state index is -0.578. The van der Waals surface area contributed by atoms with E-state index in [0.29, 0.717) is 38.3 Å². The van der Waals surface area contributed by atoms with E-state index in [2.05, 4.69) is 6.58 Å². The average Bonchev–Trinajstić information content (AvgIpc) is 3.54. The first kappa shape index (κ1) is 42.2. The van der Waals surface area contributed by atoms with E-state index in [0.717, 1.165) is 79.6 Å². The van der Waals surface area contributed by atoms with Gasteiger partial charge in [-0.2, -0.15) is 0 Å². The first-order valence-corrected chi connectivity index (χ1v) is 19.8. The second-order valence-corrected chi connectivity index (χ2v) is 14.0. The van der Waals surface area contributed by atoms with Gasteiger partial charge in [0.1, 0.15) is 23.4 Å². The van der Waals surface area contributed by atoms with Gasteiger partial charge in [-0.1, -0.05) is 62.2 Å². The Morgan fingerprint density at radius 3 is 1.84 bits per heavy atom. The molecule has 1 saturated carbocycles. The molecular weight excluding hydrogens is 727 g/mol. The van der Waals surface area contributed by atoms with Crippen molar-refractivity contribution in [1.29, 1.82) is 0 Å². The molecule has 1 aliphatic heterocycles. The zero-order chi connectivity index (χ0) is 40.2. The maximum atomic E-state index is 12.5. The summed E-state index contributed by atoms with van der Waals surface area (Å²) < 4.78 is 27.8. The number of carbonyl (C=O) groups is 5. The average molecular weight is 778 g/mol. The number of ether oxygens (including phenoxy) is 5. The number of nitrogens with zero attached hydrogens (tertiary/aromatic N) is 1. The van der Waals surface area contributed by atoms with Crippen LogP contribution in [0.25, 0.3) is 17.2 Å². The standard InChI is InChI=1S/C46H51NO10/c1-34(33-45(51)57-40-11-5-4-6-12-40)46(52)55-32-10-9-31-54-39-22-16-36(17-23-39)37-18-24-41(25-19-37)56-44(50)28-15-35-13-20-38(21-14-35)53-30-8-3-2-7-29-47-42(48)26-27-43(47)49/h13-28,40H,1-12,29-33H2/b28-15+. The summed E-state index contributed by atoms with van der Waals surface area (Å²) >= 11 is 0. The van der Waals surface area contributed by atoms with Crippen molar-refractivity contribution in [1.82, 2.24) is 4.90 Å². The number of unbranched alkanes of at least 4 members (excludes halogenated alkanes) is 4. The molecule has 0 bridgehead atoms. The molecule has 0 unspecified atom stereocenters. The van der Waals surface area contributed by atoms with E-state index in [1.807, 2.05) is 60.7 Å². The van der Waals surface area contributed by atoms with Crippen molar-refractivity contribution in [2.24, 2.45) is 0 Å². The summed E-state index contributed by atoms with van der Waals surface area (Å²) in [6, 6.07) is 22.4. The van der Waals surface area contributed by atoms with E-state index in [4.69, 9.17) is 23.7 Å². The van der Waals surface area contributed by atoms with Crippen LogP contribution in [0, 0.1) is 0 Å². The van der Waals surface area contributed by atoms with Crippen LogP contribution in [0.3, 0.4) is 0 Å². The summed E-state index contributed by atoms with van der Waals surface area (Å²) in [5, 5.41) is 0. The number of benzene rings is 3. The molecule has 2 amide bonds. The number of esters is 3. The largest absolute Gasteiger partial charge is 0.494 e. The van der Waals surface area contributed by atoms with Crippen LogP contribution in [0.4, 0.5) is 0 Å². The minimum absolute atomic E-state index is 0.0548. The number of carbonyl (C=O) groups excluding carboxylic acids is 5. The lowest BCUT2D eigenvalue weighted by atomic mass is 9.98. The quantitative estimate of drug-likeness (QED) is 0.0322. The molecule has 0 N–H and O–H groups in total. The highest BCUT2D eigenvalue weighted by molar-refractivity contribution is 6.12. The number of hydrogen-bond donors (Lipinski definition) is 0. The van der Waals surface area contributed by atoms with Gasteiger partial charge in [-0.05, 0) is 111 Å². The topological polar surface area (TPSA) is 135 Å². The highest BCUT2D eigenvalue weighted by atomic mass is 16.5. The highest BCUT2D eigenvalue weighted by Gasteiger charge is 2.22. The molecule has 1 fully saturated rings. The molecule has 5 rings (SSSR count). The van der Waals surface area contributed by atoms with Gasteiger partial charge in [-0.15, -0.1) is 0 Å². The van der Waals surface area contributed by atoms with Gasteiger partial charge in [0.25, 0.3) is 11.8 Å². The van der Waals surface area contributed by atoms with E-state index in [-0.39, 0.29) is 36.5 Å². The number of rotatable bonds is 22. The molecule has 0 radical (unpaired) electrons. The van der Waals surface area contributed by atoms with Crippen molar-refractivity contribution in [3.63, 3.8) is 0 Å². The molecule has 11 nitrogen and oxygen atoms in total. The van der Waals surface area contributed by atoms with E-state index in [1.165, 1.54) is 29.5 Å². The van der Waals surface area contributed by atoms with Gasteiger partial charge in [0.2, 0.25) is 0 Å². The Hall–Kier alpha value is -5.97. The molecule has 0 atom stereocenters. The Morgan fingerprint density at radius 2 is 1.21 bits per heavy atom. The predicted octanol–water partition coefficient (Wildman–Crippen LogP) is 8.36. The van der Waals surface area contributed by atoms with Crippen LogP contribution in [0.1, 0.15) is 82.6 Å². The van der Waals surface area contributed by atoms with E-state index in [1.54, 1.807) is 18.2 Å². The predicted molar refractivity (Wildman–Crippen MR) is 215 cm³/mol. The van der Waals surface area contributed by atoms with Crippen LogP contribution in [-0.4, -0.2) is 67.1 Å². The van der Waals surface area contributed by atoms with Crippen LogP contribution < -0.4 is 14.2 Å². The molecule has 300 valence electrons. The van der Waals surface area contributed by atoms with Gasteiger partial charge in [0.15, 0.2) is 0 Å². The maximum absolute atomic E-state index is 12.5. The lowest BCUT2D eigenvalue weighted by molar-refractivity contribution is -0.151. The molecule has 3 aromatic carbocycles. The molecular formula is C46H51NO10. The van der Waals surface area contributed by atoms with Gasteiger partial charge in [0, 0.05) is 30.3 Å². The number of amides is 2. The van der Waals surface area contributed by atoms with Gasteiger partial charge >= 0.3 is 17.9 Å². The summed E-state index contributed by atoms with van der Waals surface area (Å²) in [4.78, 5) is 61.2. The highest BCUT2D eigenvalue weighted by Crippen LogP contribution is 2.25. The van der Waals surface area contributed by atoms with Crippen LogP contribution in [-0.2, 0) is 33.4 Å². The smallest absolute Gasteiger partial charge is 0.336 e. The van der Waals surface area contributed by atoms with Crippen LogP contribution in [0.15, 0.2) is 103 Å². The third-order valence-corrected chi connectivity index (χ3v) is 9.53. The van der Waals surface area contributed by atoms with Gasteiger partial charge in [-0.25, -0.2) is 9.59 Å². The van der Waals surface area contributed by atoms with Crippen molar-refractivity contribution < 1.29 is 47.7 Å². The molecule has 1 heterocycles. The molecule has 2 aliphatic rings. The molecule has 3 aromatic rings. The SMILES string of the molecule is C=C(CC(=O)OC1CCCCC1)C(=O)OCCCCOc1ccc(-c2ccc(OC(=O)/C=C/c3ccc(OCCCCCCN4C(=O)C=CC4=O)cc3)cc2)cc1. The van der Waals surface area contributed by atoms with Crippen molar-refractivity contribution in [3.05, 3.63) is 109 Å². The second kappa shape index (κ2) is 22.6. The first-order chi connectivity index (χ1) is 27.7. The lowest BCUT2D eigenvalue weighted by Gasteiger charge is -2.21. The summed E-state index contributed by atoms with van der Waals surface area (Å²) in [6.45, 7) is 5.37. The Labute approximate surface area is 334 Å². The summed E-state index contributed by atoms with van der Waals surface area (Å²) in [5.41, 5.74) is 2.86. The normalized spacial score (nSPS) is 14.1. The second-order valence-electron chi connectivity index (χ2n) is 14.0. The van der Waals surface area contributed by atoms with Gasteiger partial charge in [-0.3, -0.25) is 19.3 Å². The fourth-order valence-electron chi connectivity index (χ4n) is 6.33. The van der Waals surface area contributed by atoms with Gasteiger partial charge in [0.05, 0.1) is 26.2 Å². The fraction of sp³-hybridized carbons (Fsp3) is 0.370. The van der Waals surface area contributed by atoms with E-state index in [9.17, 15) is 24.0 Å². The van der Waals surface area contributed by atoms with Crippen molar-refractivity contribution >= 4 is 35.8 Å². The molecule has 11 heteroatoms. The summed E-state index contributed by atoms with van der Waals surface area (Å²) in [7, 11) is 0. The fourth-order valence-corrected chi connectivity index (χ4v) is 6.33. The third kappa shape index (κ3) is 14.6. The Bertz CT molecular complexity index is 1860. The van der Waals surface area contributed by atoms with E-state index >= 15 is 0 Å². The minimum Gasteiger partial charge on any atom is -0.494 e. The molecule has 0 saturated heterocycles. The van der Waals surface area contributed by atoms with Crippen LogP contribution in [0.2, 0.25) is 0 Å². The van der Waals surface area contributed by atoms with Crippen LogP contribution >= 0.6 is 0 Å². The molecule has 0 spiro atoms. The number of imide groups is 1. The lowest BCUT2D eigenvalue weighted by Crippen LogP contribution is -2.30. The van der Waals surface area contributed by atoms with Crippen molar-refractivity contribution in [2.45, 2.75) is 83.2 Å². The maximum Gasteiger partial charge on any atom is 0.336 e. The van der Waals surface area contributed by atoms with Crippen LogP contribution in [0.5, 0.6) is 17.2 Å². The first-order valence-electron chi connectivity index (χ1n) is 19.8.